The Morgan fingerprint density at radius 1 is 1.33 bits per heavy atom. The molecule has 2 rings (SSSR count). The molecule has 0 saturated heterocycles. The van der Waals surface area contributed by atoms with Crippen LogP contribution in [0.1, 0.15) is 15.9 Å². The predicted octanol–water partition coefficient (Wildman–Crippen LogP) is 2.78. The van der Waals surface area contributed by atoms with Gasteiger partial charge in [0.25, 0.3) is 5.91 Å². The topological polar surface area (TPSA) is 62.2 Å². The summed E-state index contributed by atoms with van der Waals surface area (Å²) in [7, 11) is 0. The summed E-state index contributed by atoms with van der Waals surface area (Å²) in [4.78, 5) is 15.7. The first-order chi connectivity index (χ1) is 8.72. The Bertz CT molecular complexity index is 572. The normalized spacial score (nSPS) is 10.1. The van der Waals surface area contributed by atoms with Crippen LogP contribution in [-0.2, 0) is 5.88 Å². The standard InChI is InChI=1S/C13H11ClN2O2/c14-7-9-3-1-2-4-11(9)16-13(18)10-5-6-15-8-12(10)17/h1-6,8,17H,7H2,(H,16,18). The van der Waals surface area contributed by atoms with Crippen LogP contribution in [0, 0.1) is 0 Å². The Balaban J connectivity index is 2.24. The zero-order valence-electron chi connectivity index (χ0n) is 9.43. The number of anilines is 1. The van der Waals surface area contributed by atoms with Crippen molar-refractivity contribution in [3.05, 3.63) is 53.9 Å². The van der Waals surface area contributed by atoms with E-state index >= 15 is 0 Å². The van der Waals surface area contributed by atoms with E-state index in [0.717, 1.165) is 5.56 Å². The molecule has 2 aromatic rings. The second-order valence-corrected chi connectivity index (χ2v) is 3.90. The quantitative estimate of drug-likeness (QED) is 0.836. The summed E-state index contributed by atoms with van der Waals surface area (Å²) < 4.78 is 0. The Morgan fingerprint density at radius 3 is 2.83 bits per heavy atom. The van der Waals surface area contributed by atoms with Crippen LogP contribution in [0.2, 0.25) is 0 Å². The van der Waals surface area contributed by atoms with Crippen molar-refractivity contribution in [2.45, 2.75) is 5.88 Å². The van der Waals surface area contributed by atoms with Crippen molar-refractivity contribution in [2.75, 3.05) is 5.32 Å². The molecule has 1 heterocycles. The molecule has 0 bridgehead atoms. The highest BCUT2D eigenvalue weighted by Crippen LogP contribution is 2.20. The number of hydrogen-bond acceptors (Lipinski definition) is 3. The number of nitrogens with one attached hydrogen (secondary N) is 1. The first-order valence-corrected chi connectivity index (χ1v) is 5.84. The van der Waals surface area contributed by atoms with E-state index in [0.29, 0.717) is 11.6 Å². The van der Waals surface area contributed by atoms with Crippen LogP contribution in [-0.4, -0.2) is 16.0 Å². The number of halogens is 1. The molecule has 0 atom stereocenters. The van der Waals surface area contributed by atoms with Gasteiger partial charge in [0.05, 0.1) is 11.8 Å². The highest BCUT2D eigenvalue weighted by atomic mass is 35.5. The number of amides is 1. The lowest BCUT2D eigenvalue weighted by molar-refractivity contribution is 0.102. The molecular weight excluding hydrogens is 252 g/mol. The highest BCUT2D eigenvalue weighted by molar-refractivity contribution is 6.17. The average molecular weight is 263 g/mol. The second-order valence-electron chi connectivity index (χ2n) is 3.64. The summed E-state index contributed by atoms with van der Waals surface area (Å²) in [5, 5.41) is 12.2. The molecule has 0 unspecified atom stereocenters. The van der Waals surface area contributed by atoms with Gasteiger partial charge in [-0.1, -0.05) is 18.2 Å². The van der Waals surface area contributed by atoms with E-state index in [9.17, 15) is 9.90 Å². The van der Waals surface area contributed by atoms with E-state index < -0.39 is 5.91 Å². The number of benzene rings is 1. The van der Waals surface area contributed by atoms with Gasteiger partial charge in [-0.15, -0.1) is 11.6 Å². The number of alkyl halides is 1. The molecule has 92 valence electrons. The fraction of sp³-hybridized carbons (Fsp3) is 0.0769. The van der Waals surface area contributed by atoms with Gasteiger partial charge in [0.2, 0.25) is 0 Å². The number of nitrogens with zero attached hydrogens (tertiary/aromatic N) is 1. The summed E-state index contributed by atoms with van der Waals surface area (Å²) in [5.74, 6) is -0.246. The third-order valence-corrected chi connectivity index (χ3v) is 2.74. The van der Waals surface area contributed by atoms with Crippen molar-refractivity contribution in [1.29, 1.82) is 0 Å². The second kappa shape index (κ2) is 5.51. The molecule has 1 aromatic carbocycles. The molecule has 0 saturated carbocycles. The van der Waals surface area contributed by atoms with Crippen molar-refractivity contribution in [3.63, 3.8) is 0 Å². The van der Waals surface area contributed by atoms with Crippen LogP contribution < -0.4 is 5.32 Å². The molecule has 0 spiro atoms. The first kappa shape index (κ1) is 12.4. The SMILES string of the molecule is O=C(Nc1ccccc1CCl)c1ccncc1O. The van der Waals surface area contributed by atoms with E-state index in [1.54, 1.807) is 12.1 Å². The Labute approximate surface area is 109 Å². The predicted molar refractivity (Wildman–Crippen MR) is 69.9 cm³/mol. The fourth-order valence-electron chi connectivity index (χ4n) is 1.53. The lowest BCUT2D eigenvalue weighted by atomic mass is 10.2. The molecule has 2 N–H and O–H groups in total. The van der Waals surface area contributed by atoms with E-state index in [4.69, 9.17) is 11.6 Å². The maximum Gasteiger partial charge on any atom is 0.259 e. The van der Waals surface area contributed by atoms with Crippen molar-refractivity contribution < 1.29 is 9.90 Å². The van der Waals surface area contributed by atoms with Gasteiger partial charge >= 0.3 is 0 Å². The number of para-hydroxylation sites is 1. The maximum atomic E-state index is 12.0. The van der Waals surface area contributed by atoms with Gasteiger partial charge in [-0.2, -0.15) is 0 Å². The van der Waals surface area contributed by atoms with E-state index in [1.807, 2.05) is 12.1 Å². The summed E-state index contributed by atoms with van der Waals surface area (Å²) >= 11 is 5.78. The molecule has 1 aromatic heterocycles. The molecule has 0 aliphatic rings. The Kier molecular flexibility index (Phi) is 3.79. The smallest absolute Gasteiger partial charge is 0.259 e. The van der Waals surface area contributed by atoms with Gasteiger partial charge in [0.15, 0.2) is 0 Å². The first-order valence-electron chi connectivity index (χ1n) is 5.30. The third-order valence-electron chi connectivity index (χ3n) is 2.45. The van der Waals surface area contributed by atoms with Crippen LogP contribution in [0.3, 0.4) is 0 Å². The number of aromatic hydroxyl groups is 1. The lowest BCUT2D eigenvalue weighted by Crippen LogP contribution is -2.13. The molecular formula is C13H11ClN2O2. The van der Waals surface area contributed by atoms with Gasteiger partial charge in [-0.3, -0.25) is 9.78 Å². The fourth-order valence-corrected chi connectivity index (χ4v) is 1.76. The zero-order valence-corrected chi connectivity index (χ0v) is 10.2. The summed E-state index contributed by atoms with van der Waals surface area (Å²) in [6.45, 7) is 0. The van der Waals surface area contributed by atoms with Crippen LogP contribution in [0.4, 0.5) is 5.69 Å². The number of pyridine rings is 1. The summed E-state index contributed by atoms with van der Waals surface area (Å²) in [6.07, 6.45) is 2.67. The van der Waals surface area contributed by atoms with Crippen LogP contribution in [0.5, 0.6) is 5.75 Å². The Morgan fingerprint density at radius 2 is 2.11 bits per heavy atom. The molecule has 0 fully saturated rings. The van der Waals surface area contributed by atoms with E-state index in [2.05, 4.69) is 10.3 Å². The van der Waals surface area contributed by atoms with Crippen molar-refractivity contribution in [1.82, 2.24) is 4.98 Å². The average Bonchev–Trinajstić information content (AvgIpc) is 2.39. The zero-order chi connectivity index (χ0) is 13.0. The molecule has 1 amide bonds. The minimum absolute atomic E-state index is 0.154. The molecule has 0 aliphatic carbocycles. The van der Waals surface area contributed by atoms with Crippen molar-refractivity contribution in [3.8, 4) is 5.75 Å². The summed E-state index contributed by atoms with van der Waals surface area (Å²) in [5.41, 5.74) is 1.63. The molecule has 0 radical (unpaired) electrons. The van der Waals surface area contributed by atoms with Crippen LogP contribution in [0.25, 0.3) is 0 Å². The number of carbonyl (C=O) groups is 1. The number of aromatic nitrogens is 1. The van der Waals surface area contributed by atoms with Crippen LogP contribution in [0.15, 0.2) is 42.7 Å². The van der Waals surface area contributed by atoms with Gasteiger partial charge < -0.3 is 10.4 Å². The molecule has 4 nitrogen and oxygen atoms in total. The van der Waals surface area contributed by atoms with Crippen LogP contribution >= 0.6 is 11.6 Å². The summed E-state index contributed by atoms with van der Waals surface area (Å²) in [6, 6.07) is 8.69. The minimum Gasteiger partial charge on any atom is -0.505 e. The Hall–Kier alpha value is -2.07. The van der Waals surface area contributed by atoms with Gasteiger partial charge in [0, 0.05) is 17.8 Å². The van der Waals surface area contributed by atoms with Gasteiger partial charge in [-0.25, -0.2) is 0 Å². The number of hydrogen-bond donors (Lipinski definition) is 2. The molecule has 5 heteroatoms. The monoisotopic (exact) mass is 262 g/mol. The number of carbonyl (C=O) groups excluding carboxylic acids is 1. The largest absolute Gasteiger partial charge is 0.505 e. The van der Waals surface area contributed by atoms with Crippen molar-refractivity contribution in [2.24, 2.45) is 0 Å². The third kappa shape index (κ3) is 2.60. The highest BCUT2D eigenvalue weighted by Gasteiger charge is 2.12. The lowest BCUT2D eigenvalue weighted by Gasteiger charge is -2.09. The minimum atomic E-state index is -0.396. The molecule has 18 heavy (non-hydrogen) atoms. The molecule has 0 aliphatic heterocycles. The van der Waals surface area contributed by atoms with Gasteiger partial charge in [-0.05, 0) is 17.7 Å². The van der Waals surface area contributed by atoms with E-state index in [1.165, 1.54) is 18.5 Å². The number of rotatable bonds is 3. The maximum absolute atomic E-state index is 12.0. The van der Waals surface area contributed by atoms with E-state index in [-0.39, 0.29) is 11.3 Å². The van der Waals surface area contributed by atoms with Gasteiger partial charge in [0.1, 0.15) is 5.75 Å². The van der Waals surface area contributed by atoms with Crippen molar-refractivity contribution >= 4 is 23.2 Å².